The number of hydrogen-bond donors (Lipinski definition) is 1. The van der Waals surface area contributed by atoms with E-state index in [1.165, 1.54) is 6.07 Å². The van der Waals surface area contributed by atoms with Gasteiger partial charge >= 0.3 is 0 Å². The van der Waals surface area contributed by atoms with Crippen molar-refractivity contribution in [3.05, 3.63) is 53.6 Å². The van der Waals surface area contributed by atoms with E-state index in [9.17, 15) is 4.39 Å². The first-order valence-corrected chi connectivity index (χ1v) is 5.56. The summed E-state index contributed by atoms with van der Waals surface area (Å²) in [5.41, 5.74) is 4.09. The highest BCUT2D eigenvalue weighted by Gasteiger charge is 2.04. The van der Waals surface area contributed by atoms with E-state index in [0.717, 1.165) is 28.8 Å². The Balaban J connectivity index is 2.42. The average molecular weight is 230 g/mol. The molecule has 0 aliphatic carbocycles. The fourth-order valence-corrected chi connectivity index (χ4v) is 1.89. The second-order valence-corrected chi connectivity index (χ2v) is 4.07. The van der Waals surface area contributed by atoms with Crippen molar-refractivity contribution in [3.8, 4) is 11.1 Å². The molecule has 0 fully saturated rings. The van der Waals surface area contributed by atoms with Crippen molar-refractivity contribution in [1.82, 2.24) is 10.3 Å². The second-order valence-electron chi connectivity index (χ2n) is 4.07. The van der Waals surface area contributed by atoms with Crippen molar-refractivity contribution in [1.29, 1.82) is 0 Å². The van der Waals surface area contributed by atoms with Crippen LogP contribution < -0.4 is 5.32 Å². The van der Waals surface area contributed by atoms with Crippen LogP contribution in [0.3, 0.4) is 0 Å². The lowest BCUT2D eigenvalue weighted by Crippen LogP contribution is -2.05. The molecule has 88 valence electrons. The third-order valence-electron chi connectivity index (χ3n) is 2.68. The zero-order chi connectivity index (χ0) is 12.3. The molecule has 3 heteroatoms. The largest absolute Gasteiger partial charge is 0.316 e. The van der Waals surface area contributed by atoms with E-state index >= 15 is 0 Å². The number of rotatable bonds is 3. The molecule has 1 aromatic carbocycles. The van der Waals surface area contributed by atoms with Crippen molar-refractivity contribution in [2.45, 2.75) is 13.5 Å². The fourth-order valence-electron chi connectivity index (χ4n) is 1.89. The standard InChI is InChI=1S/C14H15FN2/c1-10-5-13(15)3-4-14(10)12-6-11(7-16-2)8-17-9-12/h3-6,8-9,16H,7H2,1-2H3. The zero-order valence-electron chi connectivity index (χ0n) is 10.00. The van der Waals surface area contributed by atoms with Crippen LogP contribution in [0.1, 0.15) is 11.1 Å². The molecule has 2 nitrogen and oxygen atoms in total. The van der Waals surface area contributed by atoms with Crippen LogP contribution in [-0.2, 0) is 6.54 Å². The number of benzene rings is 1. The molecule has 1 heterocycles. The number of pyridine rings is 1. The van der Waals surface area contributed by atoms with Gasteiger partial charge in [0, 0.05) is 24.5 Å². The van der Waals surface area contributed by atoms with Crippen LogP contribution in [0, 0.1) is 12.7 Å². The highest BCUT2D eigenvalue weighted by molar-refractivity contribution is 5.66. The Morgan fingerprint density at radius 2 is 2.06 bits per heavy atom. The quantitative estimate of drug-likeness (QED) is 0.877. The molecule has 0 unspecified atom stereocenters. The first-order chi connectivity index (χ1) is 8.20. The highest BCUT2D eigenvalue weighted by atomic mass is 19.1. The Kier molecular flexibility index (Phi) is 3.49. The molecule has 2 aromatic rings. The summed E-state index contributed by atoms with van der Waals surface area (Å²) in [5, 5.41) is 3.09. The van der Waals surface area contributed by atoms with Crippen LogP contribution >= 0.6 is 0 Å². The van der Waals surface area contributed by atoms with Gasteiger partial charge in [-0.1, -0.05) is 6.07 Å². The molecule has 0 bridgehead atoms. The molecule has 0 saturated heterocycles. The van der Waals surface area contributed by atoms with Gasteiger partial charge in [-0.3, -0.25) is 4.98 Å². The summed E-state index contributed by atoms with van der Waals surface area (Å²) in [6.07, 6.45) is 3.64. The van der Waals surface area contributed by atoms with Gasteiger partial charge in [-0.25, -0.2) is 4.39 Å². The third kappa shape index (κ3) is 2.68. The summed E-state index contributed by atoms with van der Waals surface area (Å²) in [5.74, 6) is -0.203. The van der Waals surface area contributed by atoms with Crippen LogP contribution in [0.2, 0.25) is 0 Å². The van der Waals surface area contributed by atoms with Crippen molar-refractivity contribution < 1.29 is 4.39 Å². The molecule has 0 saturated carbocycles. The van der Waals surface area contributed by atoms with Gasteiger partial charge in [-0.2, -0.15) is 0 Å². The minimum atomic E-state index is -0.203. The van der Waals surface area contributed by atoms with E-state index in [4.69, 9.17) is 0 Å². The first-order valence-electron chi connectivity index (χ1n) is 5.56. The predicted octanol–water partition coefficient (Wildman–Crippen LogP) is 2.92. The Bertz CT molecular complexity index is 523. The van der Waals surface area contributed by atoms with Crippen LogP contribution in [0.4, 0.5) is 4.39 Å². The molecule has 0 spiro atoms. The number of nitrogens with zero attached hydrogens (tertiary/aromatic N) is 1. The summed E-state index contributed by atoms with van der Waals surface area (Å²) >= 11 is 0. The molecule has 0 atom stereocenters. The Labute approximate surface area is 101 Å². The van der Waals surface area contributed by atoms with Crippen LogP contribution in [0.25, 0.3) is 11.1 Å². The molecular formula is C14H15FN2. The molecule has 1 N–H and O–H groups in total. The third-order valence-corrected chi connectivity index (χ3v) is 2.68. The maximum Gasteiger partial charge on any atom is 0.123 e. The van der Waals surface area contributed by atoms with E-state index in [-0.39, 0.29) is 5.82 Å². The number of halogens is 1. The van der Waals surface area contributed by atoms with Gasteiger partial charge in [0.1, 0.15) is 5.82 Å². The molecule has 1 aromatic heterocycles. The van der Waals surface area contributed by atoms with Crippen molar-refractivity contribution in [3.63, 3.8) is 0 Å². The topological polar surface area (TPSA) is 24.9 Å². The summed E-state index contributed by atoms with van der Waals surface area (Å²) in [6.45, 7) is 2.68. The Morgan fingerprint density at radius 3 is 2.76 bits per heavy atom. The molecule has 2 rings (SSSR count). The van der Waals surface area contributed by atoms with E-state index in [1.54, 1.807) is 18.3 Å². The monoisotopic (exact) mass is 230 g/mol. The molecule has 0 amide bonds. The van der Waals surface area contributed by atoms with Gasteiger partial charge in [0.05, 0.1) is 0 Å². The summed E-state index contributed by atoms with van der Waals surface area (Å²) in [6, 6.07) is 6.89. The smallest absolute Gasteiger partial charge is 0.123 e. The SMILES string of the molecule is CNCc1cncc(-c2ccc(F)cc2C)c1. The molecule has 0 aliphatic heterocycles. The van der Waals surface area contributed by atoms with E-state index in [1.807, 2.05) is 20.2 Å². The van der Waals surface area contributed by atoms with Crippen LogP contribution in [0.5, 0.6) is 0 Å². The van der Waals surface area contributed by atoms with Gasteiger partial charge in [0.2, 0.25) is 0 Å². The Morgan fingerprint density at radius 1 is 1.24 bits per heavy atom. The van der Waals surface area contributed by atoms with Crippen LogP contribution in [-0.4, -0.2) is 12.0 Å². The fraction of sp³-hybridized carbons (Fsp3) is 0.214. The molecule has 17 heavy (non-hydrogen) atoms. The lowest BCUT2D eigenvalue weighted by atomic mass is 10.0. The predicted molar refractivity (Wildman–Crippen MR) is 67.1 cm³/mol. The molecule has 0 aliphatic rings. The Hall–Kier alpha value is -1.74. The van der Waals surface area contributed by atoms with Gasteiger partial charge in [0.25, 0.3) is 0 Å². The van der Waals surface area contributed by atoms with E-state index < -0.39 is 0 Å². The van der Waals surface area contributed by atoms with Gasteiger partial charge in [-0.05, 0) is 48.9 Å². The van der Waals surface area contributed by atoms with Crippen LogP contribution in [0.15, 0.2) is 36.7 Å². The molecular weight excluding hydrogens is 215 g/mol. The van der Waals surface area contributed by atoms with Crippen molar-refractivity contribution >= 4 is 0 Å². The zero-order valence-corrected chi connectivity index (χ0v) is 10.00. The second kappa shape index (κ2) is 5.06. The van der Waals surface area contributed by atoms with Gasteiger partial charge in [-0.15, -0.1) is 0 Å². The number of aryl methyl sites for hydroxylation is 1. The number of hydrogen-bond acceptors (Lipinski definition) is 2. The van der Waals surface area contributed by atoms with Gasteiger partial charge in [0.15, 0.2) is 0 Å². The first kappa shape index (κ1) is 11.7. The number of aromatic nitrogens is 1. The maximum absolute atomic E-state index is 13.0. The van der Waals surface area contributed by atoms with E-state index in [0.29, 0.717) is 0 Å². The molecule has 0 radical (unpaired) electrons. The highest BCUT2D eigenvalue weighted by Crippen LogP contribution is 2.23. The van der Waals surface area contributed by atoms with Crippen molar-refractivity contribution in [2.75, 3.05) is 7.05 Å². The normalized spacial score (nSPS) is 10.5. The summed E-state index contributed by atoms with van der Waals surface area (Å²) in [4.78, 5) is 4.21. The van der Waals surface area contributed by atoms with E-state index in [2.05, 4.69) is 16.4 Å². The number of nitrogens with one attached hydrogen (secondary N) is 1. The summed E-state index contributed by atoms with van der Waals surface area (Å²) < 4.78 is 13.0. The van der Waals surface area contributed by atoms with Crippen molar-refractivity contribution in [2.24, 2.45) is 0 Å². The van der Waals surface area contributed by atoms with Gasteiger partial charge < -0.3 is 5.32 Å². The maximum atomic E-state index is 13.0. The lowest BCUT2D eigenvalue weighted by Gasteiger charge is -2.07. The minimum Gasteiger partial charge on any atom is -0.316 e. The summed E-state index contributed by atoms with van der Waals surface area (Å²) in [7, 11) is 1.90. The minimum absolute atomic E-state index is 0.203. The lowest BCUT2D eigenvalue weighted by molar-refractivity contribution is 0.627. The average Bonchev–Trinajstić information content (AvgIpc) is 2.29.